The molecule has 0 heterocycles. The van der Waals surface area contributed by atoms with Gasteiger partial charge in [0.15, 0.2) is 0 Å². The van der Waals surface area contributed by atoms with Gasteiger partial charge in [-0.05, 0) is 113 Å². The summed E-state index contributed by atoms with van der Waals surface area (Å²) in [5.74, 6) is 0. The Kier molecular flexibility index (Phi) is 7.58. The average molecular weight is 523 g/mol. The van der Waals surface area contributed by atoms with Gasteiger partial charge in [0.25, 0.3) is 0 Å². The lowest BCUT2D eigenvalue weighted by Gasteiger charge is -2.32. The first-order valence-corrected chi connectivity index (χ1v) is 14.1. The summed E-state index contributed by atoms with van der Waals surface area (Å²) in [6.07, 6.45) is 0. The van der Waals surface area contributed by atoms with Crippen LogP contribution in [-0.4, -0.2) is 7.85 Å². The van der Waals surface area contributed by atoms with E-state index in [0.29, 0.717) is 0 Å². The number of nitrogens with zero attached hydrogens (tertiary/aromatic N) is 2. The Bertz CT molecular complexity index is 1500. The van der Waals surface area contributed by atoms with E-state index in [-0.39, 0.29) is 0 Å². The van der Waals surface area contributed by atoms with Crippen LogP contribution in [0, 0.1) is 48.5 Å². The molecule has 0 spiro atoms. The van der Waals surface area contributed by atoms with Crippen LogP contribution in [0.15, 0.2) is 97.1 Å². The number of benzene rings is 5. The highest BCUT2D eigenvalue weighted by Crippen LogP contribution is 2.43. The average Bonchev–Trinajstić information content (AvgIpc) is 2.89. The molecule has 5 rings (SSSR count). The van der Waals surface area contributed by atoms with Gasteiger partial charge in [-0.15, -0.1) is 0 Å². The highest BCUT2D eigenvalue weighted by Gasteiger charge is 2.21. The molecule has 0 aliphatic rings. The fraction of sp³-hybridized carbons (Fsp3) is 0.189. The quantitative estimate of drug-likeness (QED) is 0.205. The first-order chi connectivity index (χ1) is 19.1. The number of hydrogen-bond acceptors (Lipinski definition) is 2. The largest absolute Gasteiger partial charge is 0.310 e. The van der Waals surface area contributed by atoms with Gasteiger partial charge in [-0.3, -0.25) is 0 Å². The van der Waals surface area contributed by atoms with Gasteiger partial charge in [-0.1, -0.05) is 76.8 Å². The summed E-state index contributed by atoms with van der Waals surface area (Å²) in [4.78, 5) is 4.82. The molecular formula is C37H39BN2. The van der Waals surface area contributed by atoms with Crippen LogP contribution in [0.3, 0.4) is 0 Å². The summed E-state index contributed by atoms with van der Waals surface area (Å²) < 4.78 is 0. The molecule has 0 amide bonds. The molecule has 0 fully saturated rings. The Labute approximate surface area is 241 Å². The van der Waals surface area contributed by atoms with Gasteiger partial charge in [-0.25, -0.2) is 0 Å². The van der Waals surface area contributed by atoms with Crippen molar-refractivity contribution in [1.82, 2.24) is 0 Å². The van der Waals surface area contributed by atoms with E-state index in [1.54, 1.807) is 0 Å². The second-order valence-electron chi connectivity index (χ2n) is 11.4. The molecule has 0 aliphatic carbocycles. The van der Waals surface area contributed by atoms with Crippen molar-refractivity contribution in [3.05, 3.63) is 136 Å². The lowest BCUT2D eigenvalue weighted by atomic mass is 9.91. The van der Waals surface area contributed by atoms with Crippen molar-refractivity contribution in [1.29, 1.82) is 0 Å². The zero-order valence-electron chi connectivity index (χ0n) is 25.1. The molecule has 0 saturated carbocycles. The monoisotopic (exact) mass is 522 g/mol. The van der Waals surface area contributed by atoms with Crippen molar-refractivity contribution in [3.8, 4) is 0 Å². The Morgan fingerprint density at radius 3 is 1.18 bits per heavy atom. The predicted molar refractivity (Wildman–Crippen MR) is 177 cm³/mol. The van der Waals surface area contributed by atoms with Crippen molar-refractivity contribution in [2.75, 3.05) is 9.80 Å². The van der Waals surface area contributed by atoms with Gasteiger partial charge in [0.2, 0.25) is 0 Å². The topological polar surface area (TPSA) is 6.48 Å². The minimum atomic E-state index is 1.14. The number of hydrogen-bond donors (Lipinski definition) is 0. The first kappa shape index (κ1) is 27.3. The van der Waals surface area contributed by atoms with E-state index in [0.717, 1.165) is 22.7 Å². The smallest absolute Gasteiger partial charge is 0.139 e. The van der Waals surface area contributed by atoms with Gasteiger partial charge in [0, 0.05) is 22.7 Å². The third kappa shape index (κ3) is 5.42. The summed E-state index contributed by atoms with van der Waals surface area (Å²) in [6, 6.07) is 35.8. The minimum absolute atomic E-state index is 1.14. The molecule has 5 aromatic carbocycles. The van der Waals surface area contributed by atoms with Crippen LogP contribution < -0.4 is 15.3 Å². The molecule has 0 saturated heterocycles. The lowest BCUT2D eigenvalue weighted by Crippen LogP contribution is -2.17. The summed E-state index contributed by atoms with van der Waals surface area (Å²) in [6.45, 7) is 15.3. The van der Waals surface area contributed by atoms with E-state index in [1.165, 1.54) is 55.8 Å². The summed E-state index contributed by atoms with van der Waals surface area (Å²) >= 11 is 0. The zero-order chi connectivity index (χ0) is 28.6. The Morgan fingerprint density at radius 2 is 0.775 bits per heavy atom. The fourth-order valence-electron chi connectivity index (χ4n) is 6.02. The van der Waals surface area contributed by atoms with Gasteiger partial charge >= 0.3 is 0 Å². The molecule has 0 radical (unpaired) electrons. The number of anilines is 6. The summed E-state index contributed by atoms with van der Waals surface area (Å²) in [5, 5.41) is 0. The molecule has 3 heteroatoms. The molecule has 0 N–H and O–H groups in total. The van der Waals surface area contributed by atoms with Gasteiger partial charge in [0.1, 0.15) is 7.85 Å². The van der Waals surface area contributed by atoms with Crippen LogP contribution in [0.1, 0.15) is 38.9 Å². The Morgan fingerprint density at radius 1 is 0.400 bits per heavy atom. The van der Waals surface area contributed by atoms with Gasteiger partial charge in [0.05, 0.1) is 11.4 Å². The molecule has 5 aromatic rings. The first-order valence-electron chi connectivity index (χ1n) is 14.1. The van der Waals surface area contributed by atoms with Crippen molar-refractivity contribution in [3.63, 3.8) is 0 Å². The van der Waals surface area contributed by atoms with Crippen molar-refractivity contribution >= 4 is 47.4 Å². The van der Waals surface area contributed by atoms with Gasteiger partial charge in [-0.2, -0.15) is 0 Å². The highest BCUT2D eigenvalue weighted by atomic mass is 15.2. The fourth-order valence-corrected chi connectivity index (χ4v) is 6.02. The third-order valence-electron chi connectivity index (χ3n) is 7.65. The van der Waals surface area contributed by atoms with Gasteiger partial charge < -0.3 is 9.80 Å². The number of aryl methyl sites for hydroxylation is 7. The van der Waals surface area contributed by atoms with Crippen molar-refractivity contribution in [2.24, 2.45) is 0 Å². The minimum Gasteiger partial charge on any atom is -0.310 e. The van der Waals surface area contributed by atoms with Crippen molar-refractivity contribution in [2.45, 2.75) is 48.5 Å². The molecule has 2 nitrogen and oxygen atoms in total. The van der Waals surface area contributed by atoms with Crippen molar-refractivity contribution < 1.29 is 0 Å². The number of rotatable bonds is 6. The van der Waals surface area contributed by atoms with Crippen LogP contribution in [0.4, 0.5) is 34.1 Å². The SMILES string of the molecule is Bc1cc(C)c(N(c2ccc(C)cc2)c2cccc(N(c3ccc(C)cc3)c3c(C)cc(C)cc3C)c2)c(C)c1. The molecule has 200 valence electrons. The molecule has 0 aromatic heterocycles. The van der Waals surface area contributed by atoms with E-state index < -0.39 is 0 Å². The van der Waals surface area contributed by atoms with Crippen LogP contribution >= 0.6 is 0 Å². The zero-order valence-corrected chi connectivity index (χ0v) is 25.1. The normalized spacial score (nSPS) is 11.0. The van der Waals surface area contributed by atoms with Crippen LogP contribution in [0.2, 0.25) is 0 Å². The molecular weight excluding hydrogens is 483 g/mol. The van der Waals surface area contributed by atoms with E-state index in [4.69, 9.17) is 0 Å². The summed E-state index contributed by atoms with van der Waals surface area (Å²) in [7, 11) is 2.17. The van der Waals surface area contributed by atoms with E-state index >= 15 is 0 Å². The summed E-state index contributed by atoms with van der Waals surface area (Å²) in [5.41, 5.74) is 17.2. The van der Waals surface area contributed by atoms with Crippen LogP contribution in [0.5, 0.6) is 0 Å². The molecule has 0 bridgehead atoms. The third-order valence-corrected chi connectivity index (χ3v) is 7.65. The van der Waals surface area contributed by atoms with Crippen LogP contribution in [0.25, 0.3) is 0 Å². The molecule has 0 atom stereocenters. The highest BCUT2D eigenvalue weighted by molar-refractivity contribution is 6.32. The molecule has 0 unspecified atom stereocenters. The lowest BCUT2D eigenvalue weighted by molar-refractivity contribution is 1.19. The standard InChI is InChI=1S/C37H39BN2/c1-24-11-15-32(16-12-24)39(36-27(4)19-26(3)20-28(36)5)34-9-8-10-35(23-34)40(33-17-13-25(2)14-18-33)37-29(6)21-31(38)22-30(37)7/h8-23H,38H2,1-7H3. The second kappa shape index (κ2) is 11.1. The predicted octanol–water partition coefficient (Wildman–Crippen LogP) is 9.04. The maximum absolute atomic E-state index is 2.41. The maximum atomic E-state index is 2.41. The van der Waals surface area contributed by atoms with E-state index in [9.17, 15) is 0 Å². The Balaban J connectivity index is 1.75. The van der Waals surface area contributed by atoms with E-state index in [1.807, 2.05) is 0 Å². The Hall–Kier alpha value is -4.24. The second-order valence-corrected chi connectivity index (χ2v) is 11.4. The van der Waals surface area contributed by atoms with Crippen LogP contribution in [-0.2, 0) is 0 Å². The molecule has 40 heavy (non-hydrogen) atoms. The molecule has 0 aliphatic heterocycles. The maximum Gasteiger partial charge on any atom is 0.139 e. The van der Waals surface area contributed by atoms with E-state index in [2.05, 4.69) is 163 Å².